The molecule has 16 heavy (non-hydrogen) atoms. The first-order chi connectivity index (χ1) is 7.69. The van der Waals surface area contributed by atoms with E-state index in [2.05, 4.69) is 0 Å². The number of likely N-dealkylation sites (tertiary alicyclic amines) is 1. The van der Waals surface area contributed by atoms with Crippen LogP contribution in [0.1, 0.15) is 26.2 Å². The third-order valence-electron chi connectivity index (χ3n) is 4.02. The van der Waals surface area contributed by atoms with E-state index >= 15 is 0 Å². The van der Waals surface area contributed by atoms with Gasteiger partial charge in [-0.05, 0) is 0 Å². The van der Waals surface area contributed by atoms with Gasteiger partial charge in [0.05, 0.1) is 19.1 Å². The molecule has 3 aliphatic heterocycles. The van der Waals surface area contributed by atoms with E-state index in [9.17, 15) is 9.59 Å². The van der Waals surface area contributed by atoms with Crippen molar-refractivity contribution in [2.75, 3.05) is 19.7 Å². The van der Waals surface area contributed by atoms with Crippen LogP contribution in [-0.4, -0.2) is 53.1 Å². The zero-order chi connectivity index (χ0) is 11.3. The van der Waals surface area contributed by atoms with Gasteiger partial charge in [-0.2, -0.15) is 0 Å². The van der Waals surface area contributed by atoms with Crippen LogP contribution in [0.4, 0.5) is 0 Å². The molecule has 3 aliphatic rings. The SMILES string of the molecule is CCC(=O)N1CC[C@@]23OCCN2C(=O)C[C@@H]13. The molecule has 0 radical (unpaired) electrons. The summed E-state index contributed by atoms with van der Waals surface area (Å²) >= 11 is 0. The average Bonchev–Trinajstić information content (AvgIpc) is 2.89. The Morgan fingerprint density at radius 3 is 3.12 bits per heavy atom. The smallest absolute Gasteiger partial charge is 0.227 e. The summed E-state index contributed by atoms with van der Waals surface area (Å²) in [5.74, 6) is 0.267. The molecule has 5 heteroatoms. The Morgan fingerprint density at radius 1 is 1.56 bits per heavy atom. The fourth-order valence-corrected chi connectivity index (χ4v) is 3.29. The number of nitrogens with zero attached hydrogens (tertiary/aromatic N) is 2. The van der Waals surface area contributed by atoms with Crippen LogP contribution in [0.2, 0.25) is 0 Å². The number of carbonyl (C=O) groups excluding carboxylic acids is 2. The molecule has 2 amide bonds. The zero-order valence-corrected chi connectivity index (χ0v) is 9.44. The Kier molecular flexibility index (Phi) is 2.01. The van der Waals surface area contributed by atoms with Gasteiger partial charge < -0.3 is 14.5 Å². The van der Waals surface area contributed by atoms with Gasteiger partial charge >= 0.3 is 0 Å². The predicted octanol–water partition coefficient (Wildman–Crippen LogP) is -0.0439. The molecule has 3 rings (SSSR count). The molecular weight excluding hydrogens is 208 g/mol. The lowest BCUT2D eigenvalue weighted by molar-refractivity contribution is -0.139. The Morgan fingerprint density at radius 2 is 2.38 bits per heavy atom. The molecule has 5 nitrogen and oxygen atoms in total. The molecule has 88 valence electrons. The molecule has 1 spiro atoms. The summed E-state index contributed by atoms with van der Waals surface area (Å²) in [5, 5.41) is 0. The first kappa shape index (κ1) is 10.1. The average molecular weight is 224 g/mol. The van der Waals surface area contributed by atoms with Crippen LogP contribution in [0.25, 0.3) is 0 Å². The van der Waals surface area contributed by atoms with Crippen molar-refractivity contribution in [1.29, 1.82) is 0 Å². The highest BCUT2D eigenvalue weighted by molar-refractivity contribution is 5.84. The fraction of sp³-hybridized carbons (Fsp3) is 0.818. The number of hydrogen-bond acceptors (Lipinski definition) is 3. The van der Waals surface area contributed by atoms with Crippen LogP contribution in [0.3, 0.4) is 0 Å². The van der Waals surface area contributed by atoms with Crippen molar-refractivity contribution in [3.05, 3.63) is 0 Å². The Bertz CT molecular complexity index is 357. The van der Waals surface area contributed by atoms with Crippen molar-refractivity contribution in [2.45, 2.75) is 38.0 Å². The first-order valence-electron chi connectivity index (χ1n) is 5.93. The minimum atomic E-state index is -0.470. The fourth-order valence-electron chi connectivity index (χ4n) is 3.29. The highest BCUT2D eigenvalue weighted by Crippen LogP contribution is 2.45. The maximum Gasteiger partial charge on any atom is 0.227 e. The highest BCUT2D eigenvalue weighted by atomic mass is 16.5. The third-order valence-corrected chi connectivity index (χ3v) is 4.02. The van der Waals surface area contributed by atoms with E-state index in [0.29, 0.717) is 26.0 Å². The summed E-state index contributed by atoms with van der Waals surface area (Å²) in [4.78, 5) is 27.3. The van der Waals surface area contributed by atoms with Gasteiger partial charge in [-0.25, -0.2) is 0 Å². The third kappa shape index (κ3) is 1.04. The molecule has 3 heterocycles. The Balaban J connectivity index is 1.92. The monoisotopic (exact) mass is 224 g/mol. The van der Waals surface area contributed by atoms with Gasteiger partial charge in [-0.1, -0.05) is 6.92 Å². The molecule has 3 fully saturated rings. The van der Waals surface area contributed by atoms with Crippen LogP contribution in [-0.2, 0) is 14.3 Å². The van der Waals surface area contributed by atoms with E-state index in [1.165, 1.54) is 0 Å². The van der Waals surface area contributed by atoms with Gasteiger partial charge in [-0.3, -0.25) is 9.59 Å². The lowest BCUT2D eigenvalue weighted by Gasteiger charge is -2.31. The molecule has 2 atom stereocenters. The summed E-state index contributed by atoms with van der Waals surface area (Å²) in [5.41, 5.74) is -0.470. The minimum absolute atomic E-state index is 0.0463. The van der Waals surface area contributed by atoms with E-state index in [0.717, 1.165) is 13.0 Å². The summed E-state index contributed by atoms with van der Waals surface area (Å²) in [6.07, 6.45) is 1.71. The van der Waals surface area contributed by atoms with Crippen LogP contribution in [0, 0.1) is 0 Å². The molecule has 0 aromatic rings. The topological polar surface area (TPSA) is 49.9 Å². The maximum absolute atomic E-state index is 11.8. The van der Waals surface area contributed by atoms with Crippen LogP contribution < -0.4 is 0 Å². The number of carbonyl (C=O) groups is 2. The summed E-state index contributed by atoms with van der Waals surface area (Å²) in [6.45, 7) is 3.87. The molecule has 0 aromatic heterocycles. The first-order valence-corrected chi connectivity index (χ1v) is 5.93. The number of amides is 2. The van der Waals surface area contributed by atoms with Crippen molar-refractivity contribution in [3.63, 3.8) is 0 Å². The van der Waals surface area contributed by atoms with E-state index in [1.807, 2.05) is 16.7 Å². The lowest BCUT2D eigenvalue weighted by atomic mass is 10.1. The highest BCUT2D eigenvalue weighted by Gasteiger charge is 2.62. The van der Waals surface area contributed by atoms with Crippen LogP contribution >= 0.6 is 0 Å². The molecule has 0 saturated carbocycles. The molecule has 0 aliphatic carbocycles. The van der Waals surface area contributed by atoms with Crippen molar-refractivity contribution >= 4 is 11.8 Å². The van der Waals surface area contributed by atoms with Crippen molar-refractivity contribution in [3.8, 4) is 0 Å². The molecule has 0 N–H and O–H groups in total. The van der Waals surface area contributed by atoms with Gasteiger partial charge in [0.1, 0.15) is 0 Å². The van der Waals surface area contributed by atoms with Crippen molar-refractivity contribution in [2.24, 2.45) is 0 Å². The van der Waals surface area contributed by atoms with Crippen LogP contribution in [0.15, 0.2) is 0 Å². The second-order valence-electron chi connectivity index (χ2n) is 4.65. The standard InChI is InChI=1S/C11H16N2O3/c1-2-9(14)12-4-3-11-8(12)7-10(15)13(11)5-6-16-11/h8H,2-7H2,1H3/t8-,11+/m1/s1. The molecule has 0 aromatic carbocycles. The molecule has 3 saturated heterocycles. The molecular formula is C11H16N2O3. The molecule has 0 unspecified atom stereocenters. The maximum atomic E-state index is 11.8. The van der Waals surface area contributed by atoms with Gasteiger partial charge in [0.15, 0.2) is 5.72 Å². The van der Waals surface area contributed by atoms with Gasteiger partial charge in [0.2, 0.25) is 11.8 Å². The second-order valence-corrected chi connectivity index (χ2v) is 4.65. The predicted molar refractivity (Wildman–Crippen MR) is 55.4 cm³/mol. The van der Waals surface area contributed by atoms with Gasteiger partial charge in [-0.15, -0.1) is 0 Å². The zero-order valence-electron chi connectivity index (χ0n) is 9.44. The number of hydrogen-bond donors (Lipinski definition) is 0. The Hall–Kier alpha value is -1.10. The second kappa shape index (κ2) is 3.20. The lowest BCUT2D eigenvalue weighted by Crippen LogP contribution is -2.48. The summed E-state index contributed by atoms with van der Waals surface area (Å²) < 4.78 is 5.79. The van der Waals surface area contributed by atoms with Crippen molar-refractivity contribution < 1.29 is 14.3 Å². The Labute approximate surface area is 94.3 Å². The van der Waals surface area contributed by atoms with Gasteiger partial charge in [0.25, 0.3) is 0 Å². The van der Waals surface area contributed by atoms with E-state index in [4.69, 9.17) is 4.74 Å². The minimum Gasteiger partial charge on any atom is -0.351 e. The van der Waals surface area contributed by atoms with E-state index in [1.54, 1.807) is 0 Å². The normalized spacial score (nSPS) is 36.8. The number of rotatable bonds is 1. The largest absolute Gasteiger partial charge is 0.351 e. The number of ether oxygens (including phenoxy) is 1. The van der Waals surface area contributed by atoms with Crippen LogP contribution in [0.5, 0.6) is 0 Å². The van der Waals surface area contributed by atoms with E-state index in [-0.39, 0.29) is 17.9 Å². The van der Waals surface area contributed by atoms with Gasteiger partial charge in [0, 0.05) is 25.9 Å². The van der Waals surface area contributed by atoms with E-state index < -0.39 is 5.72 Å². The summed E-state index contributed by atoms with van der Waals surface area (Å²) in [6, 6.07) is -0.0463. The summed E-state index contributed by atoms with van der Waals surface area (Å²) in [7, 11) is 0. The molecule has 0 bridgehead atoms. The quantitative estimate of drug-likeness (QED) is 0.628. The van der Waals surface area contributed by atoms with Crippen molar-refractivity contribution in [1.82, 2.24) is 9.80 Å².